The van der Waals surface area contributed by atoms with E-state index in [9.17, 15) is 4.79 Å². The average molecular weight is 304 g/mol. The van der Waals surface area contributed by atoms with Gasteiger partial charge in [0, 0.05) is 37.2 Å². The lowest BCUT2D eigenvalue weighted by Crippen LogP contribution is -2.42. The number of nitrogens with one attached hydrogen (secondary N) is 1. The van der Waals surface area contributed by atoms with E-state index in [0.29, 0.717) is 24.2 Å². The lowest BCUT2D eigenvalue weighted by Gasteiger charge is -2.34. The number of piperidine rings is 1. The second-order valence-electron chi connectivity index (χ2n) is 7.04. The van der Waals surface area contributed by atoms with E-state index in [1.54, 1.807) is 0 Å². The van der Waals surface area contributed by atoms with Crippen LogP contribution in [0.1, 0.15) is 62.3 Å². The summed E-state index contributed by atoms with van der Waals surface area (Å²) in [7, 11) is 0. The number of H-pyrrole nitrogens is 1. The zero-order valence-electron chi connectivity index (χ0n) is 13.6. The SMILES string of the molecule is Cc1cc(C2CCN(C(=O)C[C@@H]3CCCC[C@@H]3N)CC2)n[nH]1. The van der Waals surface area contributed by atoms with Crippen LogP contribution in [0.25, 0.3) is 0 Å². The first-order valence-electron chi connectivity index (χ1n) is 8.68. The molecule has 1 amide bonds. The lowest BCUT2D eigenvalue weighted by atomic mass is 9.82. The molecular weight excluding hydrogens is 276 g/mol. The van der Waals surface area contributed by atoms with Crippen molar-refractivity contribution in [2.45, 2.75) is 63.8 Å². The molecule has 0 radical (unpaired) electrons. The van der Waals surface area contributed by atoms with E-state index < -0.39 is 0 Å². The van der Waals surface area contributed by atoms with Crippen LogP contribution >= 0.6 is 0 Å². The predicted molar refractivity (Wildman–Crippen MR) is 86.4 cm³/mol. The van der Waals surface area contributed by atoms with Gasteiger partial charge in [0.2, 0.25) is 5.91 Å². The van der Waals surface area contributed by atoms with Gasteiger partial charge in [0.05, 0.1) is 5.69 Å². The van der Waals surface area contributed by atoms with Crippen LogP contribution in [0, 0.1) is 12.8 Å². The van der Waals surface area contributed by atoms with Gasteiger partial charge in [0.25, 0.3) is 0 Å². The first-order valence-corrected chi connectivity index (χ1v) is 8.68. The van der Waals surface area contributed by atoms with Crippen molar-refractivity contribution < 1.29 is 4.79 Å². The number of carbonyl (C=O) groups excluding carboxylic acids is 1. The van der Waals surface area contributed by atoms with E-state index in [-0.39, 0.29) is 6.04 Å². The third kappa shape index (κ3) is 3.51. The maximum Gasteiger partial charge on any atom is 0.222 e. The van der Waals surface area contributed by atoms with Gasteiger partial charge < -0.3 is 10.6 Å². The van der Waals surface area contributed by atoms with Crippen LogP contribution in [0.5, 0.6) is 0 Å². The standard InChI is InChI=1S/C17H28N4O/c1-12-10-16(20-19-12)13-6-8-21(9-7-13)17(22)11-14-4-2-3-5-15(14)18/h10,13-15H,2-9,11,18H2,1H3,(H,19,20)/t14-,15-/m0/s1. The Balaban J connectivity index is 1.49. The molecule has 1 aromatic heterocycles. The van der Waals surface area contributed by atoms with Gasteiger partial charge >= 0.3 is 0 Å². The number of rotatable bonds is 3. The summed E-state index contributed by atoms with van der Waals surface area (Å²) in [6.45, 7) is 3.75. The largest absolute Gasteiger partial charge is 0.343 e. The van der Waals surface area contributed by atoms with Gasteiger partial charge in [0.1, 0.15) is 0 Å². The molecule has 22 heavy (non-hydrogen) atoms. The van der Waals surface area contributed by atoms with Crippen molar-refractivity contribution in [3.8, 4) is 0 Å². The highest BCUT2D eigenvalue weighted by Crippen LogP contribution is 2.29. The molecule has 0 bridgehead atoms. The molecule has 5 heteroatoms. The Morgan fingerprint density at radius 2 is 2.05 bits per heavy atom. The van der Waals surface area contributed by atoms with E-state index in [1.807, 2.05) is 11.8 Å². The van der Waals surface area contributed by atoms with Crippen molar-refractivity contribution in [3.05, 3.63) is 17.5 Å². The highest BCUT2D eigenvalue weighted by atomic mass is 16.2. The van der Waals surface area contributed by atoms with Gasteiger partial charge in [-0.15, -0.1) is 0 Å². The third-order valence-electron chi connectivity index (χ3n) is 5.40. The molecule has 2 fully saturated rings. The molecular formula is C17H28N4O. The first kappa shape index (κ1) is 15.5. The van der Waals surface area contributed by atoms with E-state index in [4.69, 9.17) is 5.73 Å². The van der Waals surface area contributed by atoms with Crippen LogP contribution in [0.3, 0.4) is 0 Å². The smallest absolute Gasteiger partial charge is 0.222 e. The number of amides is 1. The van der Waals surface area contributed by atoms with Gasteiger partial charge in [-0.2, -0.15) is 5.10 Å². The molecule has 122 valence electrons. The molecule has 0 aromatic carbocycles. The van der Waals surface area contributed by atoms with Gasteiger partial charge in [-0.1, -0.05) is 12.8 Å². The number of carbonyl (C=O) groups is 1. The van der Waals surface area contributed by atoms with E-state index in [1.165, 1.54) is 12.8 Å². The fourth-order valence-electron chi connectivity index (χ4n) is 3.92. The summed E-state index contributed by atoms with van der Waals surface area (Å²) in [5.41, 5.74) is 8.44. The Morgan fingerprint density at radius 3 is 2.68 bits per heavy atom. The number of hydrogen-bond donors (Lipinski definition) is 2. The van der Waals surface area contributed by atoms with Crippen LogP contribution in [0.2, 0.25) is 0 Å². The topological polar surface area (TPSA) is 75.0 Å². The fraction of sp³-hybridized carbons (Fsp3) is 0.765. The van der Waals surface area contributed by atoms with Crippen molar-refractivity contribution in [2.75, 3.05) is 13.1 Å². The van der Waals surface area contributed by atoms with Crippen molar-refractivity contribution in [1.29, 1.82) is 0 Å². The molecule has 0 spiro atoms. The van der Waals surface area contributed by atoms with Crippen molar-refractivity contribution in [3.63, 3.8) is 0 Å². The van der Waals surface area contributed by atoms with Crippen LogP contribution < -0.4 is 5.73 Å². The van der Waals surface area contributed by atoms with Crippen molar-refractivity contribution in [2.24, 2.45) is 11.7 Å². The van der Waals surface area contributed by atoms with E-state index in [2.05, 4.69) is 16.3 Å². The Morgan fingerprint density at radius 1 is 1.32 bits per heavy atom. The first-order chi connectivity index (χ1) is 10.6. The van der Waals surface area contributed by atoms with E-state index in [0.717, 1.165) is 50.2 Å². The summed E-state index contributed by atoms with van der Waals surface area (Å²) in [5, 5.41) is 7.38. The summed E-state index contributed by atoms with van der Waals surface area (Å²) in [4.78, 5) is 14.5. The lowest BCUT2D eigenvalue weighted by molar-refractivity contribution is -0.133. The molecule has 2 heterocycles. The second-order valence-corrected chi connectivity index (χ2v) is 7.04. The monoisotopic (exact) mass is 304 g/mol. The Labute approximate surface area is 132 Å². The average Bonchev–Trinajstić information content (AvgIpc) is 2.96. The minimum atomic E-state index is 0.224. The van der Waals surface area contributed by atoms with Crippen molar-refractivity contribution >= 4 is 5.91 Å². The molecule has 2 aliphatic rings. The zero-order chi connectivity index (χ0) is 15.5. The molecule has 1 aromatic rings. The number of hydrogen-bond acceptors (Lipinski definition) is 3. The normalized spacial score (nSPS) is 27.1. The van der Waals surface area contributed by atoms with Crippen LogP contribution in [-0.2, 0) is 4.79 Å². The number of aryl methyl sites for hydroxylation is 1. The predicted octanol–water partition coefficient (Wildman–Crippen LogP) is 2.33. The zero-order valence-corrected chi connectivity index (χ0v) is 13.6. The summed E-state index contributed by atoms with van der Waals surface area (Å²) in [5.74, 6) is 1.19. The molecule has 1 aliphatic carbocycles. The summed E-state index contributed by atoms with van der Waals surface area (Å²) >= 11 is 0. The maximum absolute atomic E-state index is 12.5. The highest BCUT2D eigenvalue weighted by molar-refractivity contribution is 5.76. The summed E-state index contributed by atoms with van der Waals surface area (Å²) in [6, 6.07) is 2.35. The minimum Gasteiger partial charge on any atom is -0.343 e. The number of nitrogens with two attached hydrogens (primary N) is 1. The molecule has 3 N–H and O–H groups in total. The number of nitrogens with zero attached hydrogens (tertiary/aromatic N) is 2. The number of aromatic amines is 1. The maximum atomic E-state index is 12.5. The molecule has 1 aliphatic heterocycles. The van der Waals surface area contributed by atoms with Crippen LogP contribution in [-0.4, -0.2) is 40.1 Å². The van der Waals surface area contributed by atoms with Gasteiger partial charge in [0.15, 0.2) is 0 Å². The Kier molecular flexibility index (Phi) is 4.81. The second kappa shape index (κ2) is 6.82. The molecule has 3 rings (SSSR count). The minimum absolute atomic E-state index is 0.224. The third-order valence-corrected chi connectivity index (χ3v) is 5.40. The molecule has 2 atom stereocenters. The highest BCUT2D eigenvalue weighted by Gasteiger charge is 2.29. The number of likely N-dealkylation sites (tertiary alicyclic amines) is 1. The van der Waals surface area contributed by atoms with Gasteiger partial charge in [-0.3, -0.25) is 9.89 Å². The Bertz CT molecular complexity index is 505. The molecule has 1 saturated heterocycles. The molecule has 1 saturated carbocycles. The molecule has 0 unspecified atom stereocenters. The summed E-state index contributed by atoms with van der Waals surface area (Å²) < 4.78 is 0. The molecule has 5 nitrogen and oxygen atoms in total. The fourth-order valence-corrected chi connectivity index (χ4v) is 3.92. The van der Waals surface area contributed by atoms with Crippen LogP contribution in [0.4, 0.5) is 0 Å². The van der Waals surface area contributed by atoms with Gasteiger partial charge in [-0.05, 0) is 44.6 Å². The van der Waals surface area contributed by atoms with Crippen LogP contribution in [0.15, 0.2) is 6.07 Å². The van der Waals surface area contributed by atoms with E-state index >= 15 is 0 Å². The van der Waals surface area contributed by atoms with Gasteiger partial charge in [-0.25, -0.2) is 0 Å². The quantitative estimate of drug-likeness (QED) is 0.900. The summed E-state index contributed by atoms with van der Waals surface area (Å²) in [6.07, 6.45) is 7.34. The van der Waals surface area contributed by atoms with Crippen molar-refractivity contribution in [1.82, 2.24) is 15.1 Å². The number of aromatic nitrogens is 2. The Hall–Kier alpha value is -1.36.